The van der Waals surface area contributed by atoms with Gasteiger partial charge in [-0.3, -0.25) is 4.79 Å². The Morgan fingerprint density at radius 1 is 1.53 bits per heavy atom. The van der Waals surface area contributed by atoms with Crippen LogP contribution in [0.25, 0.3) is 0 Å². The normalized spacial score (nSPS) is 13.2. The van der Waals surface area contributed by atoms with Gasteiger partial charge in [-0.2, -0.15) is 0 Å². The zero-order chi connectivity index (χ0) is 13.5. The first kappa shape index (κ1) is 17.4. The number of aliphatic hydroxyl groups is 1. The first-order valence-corrected chi connectivity index (χ1v) is 5.43. The Labute approximate surface area is 115 Å². The molecule has 6 N–H and O–H groups in total. The van der Waals surface area contributed by atoms with Gasteiger partial charge < -0.3 is 26.2 Å². The highest BCUT2D eigenvalue weighted by Gasteiger charge is 2.24. The Hall–Kier alpha value is -1.64. The highest BCUT2D eigenvalue weighted by atomic mass is 35.5. The van der Waals surface area contributed by atoms with Crippen molar-refractivity contribution in [2.75, 3.05) is 6.54 Å². The van der Waals surface area contributed by atoms with Gasteiger partial charge in [0, 0.05) is 18.3 Å². The predicted octanol–water partition coefficient (Wildman–Crippen LogP) is -1.35. The molecule has 0 saturated heterocycles. The van der Waals surface area contributed by atoms with Crippen LogP contribution in [-0.2, 0) is 16.0 Å². The largest absolute Gasteiger partial charge is 0.480 e. The number of aliphatic carboxylic acids is 1. The van der Waals surface area contributed by atoms with Gasteiger partial charge in [0.15, 0.2) is 0 Å². The number of carboxylic acid groups (broad SMARTS) is 1. The SMILES string of the molecule is Cl.NCC[C@H](O)C(=O)N[C@@H](Cc1cnc[nH]1)C(=O)O. The maximum absolute atomic E-state index is 11.5. The minimum Gasteiger partial charge on any atom is -0.480 e. The van der Waals surface area contributed by atoms with E-state index in [4.69, 9.17) is 10.8 Å². The van der Waals surface area contributed by atoms with Crippen molar-refractivity contribution < 1.29 is 19.8 Å². The number of carboxylic acids is 1. The second-order valence-electron chi connectivity index (χ2n) is 3.77. The van der Waals surface area contributed by atoms with E-state index in [1.54, 1.807) is 0 Å². The van der Waals surface area contributed by atoms with Crippen molar-refractivity contribution in [2.45, 2.75) is 25.0 Å². The number of hydrogen-bond donors (Lipinski definition) is 5. The summed E-state index contributed by atoms with van der Waals surface area (Å²) in [6, 6.07) is -1.12. The summed E-state index contributed by atoms with van der Waals surface area (Å²) in [5.74, 6) is -1.93. The van der Waals surface area contributed by atoms with E-state index in [1.807, 2.05) is 0 Å². The van der Waals surface area contributed by atoms with Gasteiger partial charge in [-0.15, -0.1) is 12.4 Å². The third kappa shape index (κ3) is 5.69. The number of carbonyl (C=O) groups is 2. The van der Waals surface area contributed by atoms with Crippen molar-refractivity contribution in [3.05, 3.63) is 18.2 Å². The summed E-state index contributed by atoms with van der Waals surface area (Å²) in [5.41, 5.74) is 5.78. The quantitative estimate of drug-likeness (QED) is 0.421. The van der Waals surface area contributed by atoms with Crippen LogP contribution in [0.5, 0.6) is 0 Å². The van der Waals surface area contributed by atoms with Crippen LogP contribution in [0.4, 0.5) is 0 Å². The third-order valence-corrected chi connectivity index (χ3v) is 2.34. The molecular formula is C10H17ClN4O4. The summed E-state index contributed by atoms with van der Waals surface area (Å²) in [7, 11) is 0. The Kier molecular flexibility index (Phi) is 7.73. The number of hydrogen-bond acceptors (Lipinski definition) is 5. The van der Waals surface area contributed by atoms with Crippen molar-refractivity contribution in [2.24, 2.45) is 5.73 Å². The molecule has 1 rings (SSSR count). The van der Waals surface area contributed by atoms with E-state index in [-0.39, 0.29) is 31.8 Å². The molecule has 0 unspecified atom stereocenters. The van der Waals surface area contributed by atoms with Gasteiger partial charge in [0.1, 0.15) is 12.1 Å². The average molecular weight is 293 g/mol. The number of nitrogens with two attached hydrogens (primary N) is 1. The van der Waals surface area contributed by atoms with Crippen LogP contribution >= 0.6 is 12.4 Å². The van der Waals surface area contributed by atoms with Gasteiger partial charge in [-0.1, -0.05) is 0 Å². The van der Waals surface area contributed by atoms with E-state index in [1.165, 1.54) is 12.5 Å². The molecular weight excluding hydrogens is 276 g/mol. The average Bonchev–Trinajstić information content (AvgIpc) is 2.81. The number of aromatic amines is 1. The molecule has 9 heteroatoms. The predicted molar refractivity (Wildman–Crippen MR) is 68.8 cm³/mol. The molecule has 1 aromatic heterocycles. The first-order chi connectivity index (χ1) is 8.54. The number of nitrogens with zero attached hydrogens (tertiary/aromatic N) is 1. The summed E-state index contributed by atoms with van der Waals surface area (Å²) in [4.78, 5) is 28.9. The van der Waals surface area contributed by atoms with Crippen LogP contribution in [0.3, 0.4) is 0 Å². The Morgan fingerprint density at radius 2 is 2.21 bits per heavy atom. The number of H-pyrrole nitrogens is 1. The smallest absolute Gasteiger partial charge is 0.326 e. The highest BCUT2D eigenvalue weighted by molar-refractivity contribution is 5.86. The molecule has 0 aliphatic carbocycles. The molecule has 8 nitrogen and oxygen atoms in total. The fraction of sp³-hybridized carbons (Fsp3) is 0.500. The van der Waals surface area contributed by atoms with E-state index in [2.05, 4.69) is 15.3 Å². The van der Waals surface area contributed by atoms with Crippen LogP contribution in [0.2, 0.25) is 0 Å². The summed E-state index contributed by atoms with van der Waals surface area (Å²) in [5, 5.41) is 20.6. The maximum atomic E-state index is 11.5. The Bertz CT molecular complexity index is 398. The van der Waals surface area contributed by atoms with E-state index in [9.17, 15) is 14.7 Å². The topological polar surface area (TPSA) is 141 Å². The number of amides is 1. The second kappa shape index (κ2) is 8.46. The lowest BCUT2D eigenvalue weighted by atomic mass is 10.1. The molecule has 0 saturated carbocycles. The van der Waals surface area contributed by atoms with Gasteiger partial charge >= 0.3 is 5.97 Å². The summed E-state index contributed by atoms with van der Waals surface area (Å²) in [6.07, 6.45) is 1.75. The number of nitrogens with one attached hydrogen (secondary N) is 2. The van der Waals surface area contributed by atoms with Gasteiger partial charge in [0.25, 0.3) is 0 Å². The number of carbonyl (C=O) groups excluding carboxylic acids is 1. The van der Waals surface area contributed by atoms with Gasteiger partial charge in [0.05, 0.1) is 6.33 Å². The van der Waals surface area contributed by atoms with Crippen molar-refractivity contribution in [1.29, 1.82) is 0 Å². The van der Waals surface area contributed by atoms with E-state index in [0.717, 1.165) is 0 Å². The fourth-order valence-corrected chi connectivity index (χ4v) is 1.37. The molecule has 0 fully saturated rings. The number of aromatic nitrogens is 2. The minimum absolute atomic E-state index is 0. The van der Waals surface area contributed by atoms with E-state index >= 15 is 0 Å². The third-order valence-electron chi connectivity index (χ3n) is 2.34. The molecule has 0 aliphatic rings. The van der Waals surface area contributed by atoms with Crippen LogP contribution in [-0.4, -0.2) is 50.7 Å². The summed E-state index contributed by atoms with van der Waals surface area (Å²) >= 11 is 0. The zero-order valence-electron chi connectivity index (χ0n) is 10.1. The van der Waals surface area contributed by atoms with E-state index in [0.29, 0.717) is 5.69 Å². The summed E-state index contributed by atoms with van der Waals surface area (Å²) < 4.78 is 0. The maximum Gasteiger partial charge on any atom is 0.326 e. The lowest BCUT2D eigenvalue weighted by molar-refractivity contribution is -0.143. The number of rotatable bonds is 7. The van der Waals surface area contributed by atoms with Gasteiger partial charge in [-0.05, 0) is 13.0 Å². The molecule has 19 heavy (non-hydrogen) atoms. The van der Waals surface area contributed by atoms with Crippen molar-refractivity contribution >= 4 is 24.3 Å². The molecule has 0 bridgehead atoms. The standard InChI is InChI=1S/C10H16N4O4.ClH/c11-2-1-8(15)9(16)14-7(10(17)18)3-6-4-12-5-13-6;/h4-5,7-8,15H,1-3,11H2,(H,12,13)(H,14,16)(H,17,18);1H/t7-,8-;/m0./s1. The highest BCUT2D eigenvalue weighted by Crippen LogP contribution is 2.00. The van der Waals surface area contributed by atoms with Gasteiger partial charge in [0.2, 0.25) is 5.91 Å². The minimum atomic E-state index is -1.29. The molecule has 0 aliphatic heterocycles. The monoisotopic (exact) mass is 292 g/mol. The fourth-order valence-electron chi connectivity index (χ4n) is 1.37. The first-order valence-electron chi connectivity index (χ1n) is 5.43. The molecule has 1 aromatic rings. The lowest BCUT2D eigenvalue weighted by Gasteiger charge is -2.16. The van der Waals surface area contributed by atoms with Crippen LogP contribution in [0, 0.1) is 0 Å². The van der Waals surface area contributed by atoms with E-state index < -0.39 is 24.0 Å². The van der Waals surface area contributed by atoms with Crippen LogP contribution < -0.4 is 11.1 Å². The molecule has 1 heterocycles. The summed E-state index contributed by atoms with van der Waals surface area (Å²) in [6.45, 7) is 0.146. The molecule has 1 amide bonds. The Morgan fingerprint density at radius 3 is 2.68 bits per heavy atom. The van der Waals surface area contributed by atoms with Crippen molar-refractivity contribution in [3.8, 4) is 0 Å². The van der Waals surface area contributed by atoms with Crippen LogP contribution in [0.1, 0.15) is 12.1 Å². The molecule has 0 radical (unpaired) electrons. The molecule has 0 spiro atoms. The molecule has 108 valence electrons. The second-order valence-corrected chi connectivity index (χ2v) is 3.77. The van der Waals surface area contributed by atoms with Crippen molar-refractivity contribution in [1.82, 2.24) is 15.3 Å². The van der Waals surface area contributed by atoms with Crippen LogP contribution in [0.15, 0.2) is 12.5 Å². The molecule has 0 aromatic carbocycles. The number of halogens is 1. The van der Waals surface area contributed by atoms with Gasteiger partial charge in [-0.25, -0.2) is 9.78 Å². The number of aliphatic hydroxyl groups excluding tert-OH is 1. The van der Waals surface area contributed by atoms with Crippen molar-refractivity contribution in [3.63, 3.8) is 0 Å². The Balaban J connectivity index is 0.00000324. The zero-order valence-corrected chi connectivity index (χ0v) is 10.9. The lowest BCUT2D eigenvalue weighted by Crippen LogP contribution is -2.47. The number of imidazole rings is 1. The molecule has 2 atom stereocenters.